The monoisotopic (exact) mass is 293 g/mol. The van der Waals surface area contributed by atoms with Gasteiger partial charge in [-0.25, -0.2) is 5.84 Å². The molecule has 2 unspecified atom stereocenters. The zero-order chi connectivity index (χ0) is 15.2. The topological polar surface area (TPSA) is 87.8 Å². The van der Waals surface area contributed by atoms with Gasteiger partial charge in [0.25, 0.3) is 0 Å². The van der Waals surface area contributed by atoms with Crippen molar-refractivity contribution < 1.29 is 14.6 Å². The first-order valence-corrected chi connectivity index (χ1v) is 7.16. The van der Waals surface area contributed by atoms with Gasteiger partial charge in [0.15, 0.2) is 0 Å². The molecule has 116 valence electrons. The van der Waals surface area contributed by atoms with Gasteiger partial charge in [-0.15, -0.1) is 0 Å². The summed E-state index contributed by atoms with van der Waals surface area (Å²) in [5, 5.41) is 9.21. The number of rotatable bonds is 5. The molecular weight excluding hydrogens is 270 g/mol. The lowest BCUT2D eigenvalue weighted by molar-refractivity contribution is -0.120. The van der Waals surface area contributed by atoms with Crippen molar-refractivity contribution in [1.82, 2.24) is 10.3 Å². The minimum absolute atomic E-state index is 0.0519. The molecule has 0 saturated carbocycles. The van der Waals surface area contributed by atoms with Crippen LogP contribution < -0.4 is 11.3 Å². The number of aliphatic hydroxyl groups is 1. The molecule has 1 fully saturated rings. The van der Waals surface area contributed by atoms with Crippen LogP contribution in [0.1, 0.15) is 18.1 Å². The molecule has 1 aromatic carbocycles. The van der Waals surface area contributed by atoms with Crippen LogP contribution in [-0.2, 0) is 22.5 Å². The molecule has 1 aromatic rings. The Morgan fingerprint density at radius 1 is 1.43 bits per heavy atom. The van der Waals surface area contributed by atoms with Crippen molar-refractivity contribution in [3.8, 4) is 0 Å². The van der Waals surface area contributed by atoms with E-state index in [0.717, 1.165) is 18.7 Å². The van der Waals surface area contributed by atoms with Gasteiger partial charge in [-0.3, -0.25) is 15.1 Å². The Kier molecular flexibility index (Phi) is 5.69. The highest BCUT2D eigenvalue weighted by atomic mass is 16.5. The van der Waals surface area contributed by atoms with E-state index in [1.807, 2.05) is 24.3 Å². The molecule has 0 bridgehead atoms. The molecule has 0 aliphatic carbocycles. The van der Waals surface area contributed by atoms with E-state index in [0.29, 0.717) is 12.6 Å². The summed E-state index contributed by atoms with van der Waals surface area (Å²) in [6, 6.07) is 8.26. The van der Waals surface area contributed by atoms with E-state index in [2.05, 4.69) is 17.2 Å². The lowest BCUT2D eigenvalue weighted by Gasteiger charge is -2.37. The van der Waals surface area contributed by atoms with Crippen molar-refractivity contribution >= 4 is 5.91 Å². The lowest BCUT2D eigenvalue weighted by atomic mass is 10.1. The highest BCUT2D eigenvalue weighted by Gasteiger charge is 2.25. The highest BCUT2D eigenvalue weighted by molar-refractivity contribution is 5.77. The van der Waals surface area contributed by atoms with Gasteiger partial charge in [0.1, 0.15) is 0 Å². The third-order valence-electron chi connectivity index (χ3n) is 3.77. The van der Waals surface area contributed by atoms with E-state index in [1.165, 1.54) is 5.56 Å². The summed E-state index contributed by atoms with van der Waals surface area (Å²) < 4.78 is 5.53. The predicted octanol–water partition coefficient (Wildman–Crippen LogP) is -0.199. The number of aliphatic hydroxyl groups excluding tert-OH is 1. The number of hydrazine groups is 1. The highest BCUT2D eigenvalue weighted by Crippen LogP contribution is 2.16. The van der Waals surface area contributed by atoms with E-state index in [-0.39, 0.29) is 25.0 Å². The molecule has 0 aromatic heterocycles. The number of ether oxygens (including phenoxy) is 1. The molecule has 2 atom stereocenters. The van der Waals surface area contributed by atoms with Gasteiger partial charge >= 0.3 is 0 Å². The fraction of sp³-hybridized carbons (Fsp3) is 0.533. The Morgan fingerprint density at radius 3 is 2.71 bits per heavy atom. The first-order chi connectivity index (χ1) is 10.1. The molecule has 2 rings (SSSR count). The minimum Gasteiger partial charge on any atom is -0.394 e. The first kappa shape index (κ1) is 15.9. The molecule has 1 saturated heterocycles. The maximum absolute atomic E-state index is 11.2. The average Bonchev–Trinajstić information content (AvgIpc) is 2.51. The van der Waals surface area contributed by atoms with Gasteiger partial charge in [0.05, 0.1) is 25.7 Å². The third-order valence-corrected chi connectivity index (χ3v) is 3.77. The fourth-order valence-corrected chi connectivity index (χ4v) is 2.44. The Bertz CT molecular complexity index is 464. The number of carbonyl (C=O) groups excluding carboxylic acids is 1. The fourth-order valence-electron chi connectivity index (χ4n) is 2.44. The second kappa shape index (κ2) is 7.51. The predicted molar refractivity (Wildman–Crippen MR) is 79.2 cm³/mol. The van der Waals surface area contributed by atoms with Crippen LogP contribution in [0.5, 0.6) is 0 Å². The smallest absolute Gasteiger partial charge is 0.238 e. The van der Waals surface area contributed by atoms with E-state index in [4.69, 9.17) is 10.6 Å². The maximum atomic E-state index is 11.2. The summed E-state index contributed by atoms with van der Waals surface area (Å²) in [4.78, 5) is 13.5. The van der Waals surface area contributed by atoms with E-state index in [9.17, 15) is 9.90 Å². The van der Waals surface area contributed by atoms with Crippen molar-refractivity contribution in [1.29, 1.82) is 0 Å². The van der Waals surface area contributed by atoms with Crippen LogP contribution in [0.25, 0.3) is 0 Å². The van der Waals surface area contributed by atoms with E-state index >= 15 is 0 Å². The van der Waals surface area contributed by atoms with Crippen LogP contribution in [0.4, 0.5) is 0 Å². The Balaban J connectivity index is 1.94. The Hall–Kier alpha value is -1.47. The number of nitrogens with one attached hydrogen (secondary N) is 1. The van der Waals surface area contributed by atoms with Crippen LogP contribution in [0.15, 0.2) is 24.3 Å². The quantitative estimate of drug-likeness (QED) is 0.397. The molecular formula is C15H23N3O3. The van der Waals surface area contributed by atoms with Gasteiger partial charge in [-0.2, -0.15) is 0 Å². The second-order valence-electron chi connectivity index (χ2n) is 5.48. The summed E-state index contributed by atoms with van der Waals surface area (Å²) in [5.41, 5.74) is 4.24. The summed E-state index contributed by atoms with van der Waals surface area (Å²) in [5.74, 6) is 4.88. The SMILES string of the molecule is CC1COC(CO)CN1Cc1ccc(CC(=O)NN)cc1. The molecule has 1 heterocycles. The number of carbonyl (C=O) groups is 1. The largest absolute Gasteiger partial charge is 0.394 e. The van der Waals surface area contributed by atoms with Gasteiger partial charge < -0.3 is 9.84 Å². The first-order valence-electron chi connectivity index (χ1n) is 7.16. The van der Waals surface area contributed by atoms with Gasteiger partial charge in [0, 0.05) is 19.1 Å². The van der Waals surface area contributed by atoms with Crippen molar-refractivity contribution in [2.45, 2.75) is 32.0 Å². The van der Waals surface area contributed by atoms with E-state index in [1.54, 1.807) is 0 Å². The van der Waals surface area contributed by atoms with Crippen LogP contribution in [-0.4, -0.2) is 47.8 Å². The molecule has 0 radical (unpaired) electrons. The standard InChI is InChI=1S/C15H23N3O3/c1-11-10-21-14(9-19)8-18(11)7-13-4-2-12(3-5-13)6-15(20)17-16/h2-5,11,14,19H,6-10,16H2,1H3,(H,17,20). The molecule has 4 N–H and O–H groups in total. The second-order valence-corrected chi connectivity index (χ2v) is 5.48. The number of morpholine rings is 1. The lowest BCUT2D eigenvalue weighted by Crippen LogP contribution is -2.48. The van der Waals surface area contributed by atoms with Crippen molar-refractivity contribution in [3.05, 3.63) is 35.4 Å². The van der Waals surface area contributed by atoms with Gasteiger partial charge in [-0.05, 0) is 18.1 Å². The molecule has 1 aliphatic heterocycles. The zero-order valence-electron chi connectivity index (χ0n) is 12.3. The summed E-state index contributed by atoms with van der Waals surface area (Å²) in [7, 11) is 0. The minimum atomic E-state index is -0.199. The Labute approximate surface area is 124 Å². The molecule has 6 heteroatoms. The normalized spacial score (nSPS) is 23.0. The van der Waals surface area contributed by atoms with Crippen molar-refractivity contribution in [2.75, 3.05) is 19.8 Å². The average molecular weight is 293 g/mol. The molecule has 21 heavy (non-hydrogen) atoms. The summed E-state index contributed by atoms with van der Waals surface area (Å²) in [6.07, 6.45) is 0.186. The number of benzene rings is 1. The third kappa shape index (κ3) is 4.50. The maximum Gasteiger partial charge on any atom is 0.238 e. The van der Waals surface area contributed by atoms with Crippen molar-refractivity contribution in [2.24, 2.45) is 5.84 Å². The number of nitrogens with zero attached hydrogens (tertiary/aromatic N) is 1. The van der Waals surface area contributed by atoms with Crippen LogP contribution in [0, 0.1) is 0 Å². The van der Waals surface area contributed by atoms with Gasteiger partial charge in [-0.1, -0.05) is 24.3 Å². The Morgan fingerprint density at radius 2 is 2.10 bits per heavy atom. The summed E-state index contributed by atoms with van der Waals surface area (Å²) in [6.45, 7) is 4.35. The van der Waals surface area contributed by atoms with Crippen LogP contribution >= 0.6 is 0 Å². The number of amides is 1. The van der Waals surface area contributed by atoms with Gasteiger partial charge in [0.2, 0.25) is 5.91 Å². The number of nitrogens with two attached hydrogens (primary N) is 1. The number of hydrogen-bond acceptors (Lipinski definition) is 5. The van der Waals surface area contributed by atoms with E-state index < -0.39 is 0 Å². The molecule has 6 nitrogen and oxygen atoms in total. The molecule has 0 spiro atoms. The van der Waals surface area contributed by atoms with Crippen LogP contribution in [0.3, 0.4) is 0 Å². The number of hydrogen-bond donors (Lipinski definition) is 3. The molecule has 1 amide bonds. The summed E-state index contributed by atoms with van der Waals surface area (Å²) >= 11 is 0. The zero-order valence-corrected chi connectivity index (χ0v) is 12.3. The van der Waals surface area contributed by atoms with Crippen LogP contribution in [0.2, 0.25) is 0 Å². The molecule has 1 aliphatic rings. The van der Waals surface area contributed by atoms with Crippen molar-refractivity contribution in [3.63, 3.8) is 0 Å².